The van der Waals surface area contributed by atoms with Crippen molar-refractivity contribution in [2.75, 3.05) is 32.9 Å². The van der Waals surface area contributed by atoms with Gasteiger partial charge in [-0.15, -0.1) is 0 Å². The quantitative estimate of drug-likeness (QED) is 0.750. The topological polar surface area (TPSA) is 57.7 Å². The largest absolute Gasteiger partial charge is 0.346 e. The van der Waals surface area contributed by atoms with Gasteiger partial charge >= 0.3 is 0 Å². The van der Waals surface area contributed by atoms with Crippen LogP contribution in [0.4, 0.5) is 0 Å². The highest BCUT2D eigenvalue weighted by Crippen LogP contribution is 2.21. The Balaban J connectivity index is 2.45. The van der Waals surface area contributed by atoms with Gasteiger partial charge in [0.15, 0.2) is 0 Å². The molecule has 18 heavy (non-hydrogen) atoms. The summed E-state index contributed by atoms with van der Waals surface area (Å²) >= 11 is 0. The predicted octanol–water partition coefficient (Wildman–Crippen LogP) is 0.917. The molecule has 0 saturated carbocycles. The van der Waals surface area contributed by atoms with Gasteiger partial charge < -0.3 is 4.90 Å². The summed E-state index contributed by atoms with van der Waals surface area (Å²) in [4.78, 5) is 13.9. The molecular weight excluding hydrogens is 252 g/mol. The van der Waals surface area contributed by atoms with E-state index < -0.39 is 10.0 Å². The van der Waals surface area contributed by atoms with Crippen molar-refractivity contribution in [1.29, 1.82) is 0 Å². The molecule has 0 aromatic heterocycles. The minimum atomic E-state index is -3.10. The zero-order chi connectivity index (χ0) is 13.8. The standard InChI is InChI=1S/C12H24N2O3S/c1-4-5-8-13(2)12(15)11-6-9-14(10-7-11)18(3,16)17/h11H,4-10H2,1-3H3. The molecule has 1 aliphatic heterocycles. The van der Waals surface area contributed by atoms with E-state index in [1.165, 1.54) is 10.6 Å². The first-order valence-electron chi connectivity index (χ1n) is 6.56. The molecule has 1 fully saturated rings. The summed E-state index contributed by atoms with van der Waals surface area (Å²) in [6.07, 6.45) is 4.60. The van der Waals surface area contributed by atoms with Crippen LogP contribution in [0.1, 0.15) is 32.6 Å². The van der Waals surface area contributed by atoms with Crippen molar-refractivity contribution in [2.24, 2.45) is 5.92 Å². The summed E-state index contributed by atoms with van der Waals surface area (Å²) in [6.45, 7) is 3.83. The highest BCUT2D eigenvalue weighted by Gasteiger charge is 2.30. The zero-order valence-electron chi connectivity index (χ0n) is 11.6. The first-order valence-corrected chi connectivity index (χ1v) is 8.41. The third kappa shape index (κ3) is 4.24. The molecule has 1 amide bonds. The SMILES string of the molecule is CCCCN(C)C(=O)C1CCN(S(C)(=O)=O)CC1. The van der Waals surface area contributed by atoms with E-state index in [9.17, 15) is 13.2 Å². The average Bonchev–Trinajstić information content (AvgIpc) is 2.34. The summed E-state index contributed by atoms with van der Waals surface area (Å²) in [7, 11) is -1.27. The smallest absolute Gasteiger partial charge is 0.225 e. The molecule has 1 saturated heterocycles. The average molecular weight is 276 g/mol. The molecule has 0 N–H and O–H groups in total. The van der Waals surface area contributed by atoms with E-state index >= 15 is 0 Å². The summed E-state index contributed by atoms with van der Waals surface area (Å²) in [5.74, 6) is 0.154. The molecule has 0 aromatic rings. The van der Waals surface area contributed by atoms with Crippen LogP contribution in [0.25, 0.3) is 0 Å². The van der Waals surface area contributed by atoms with Gasteiger partial charge in [-0.3, -0.25) is 4.79 Å². The van der Waals surface area contributed by atoms with Crippen LogP contribution in [0.3, 0.4) is 0 Å². The normalized spacial score (nSPS) is 18.8. The summed E-state index contributed by atoms with van der Waals surface area (Å²) in [5.41, 5.74) is 0. The number of hydrogen-bond donors (Lipinski definition) is 0. The fourth-order valence-corrected chi connectivity index (χ4v) is 3.13. The molecule has 5 nitrogen and oxygen atoms in total. The van der Waals surface area contributed by atoms with Crippen LogP contribution in [-0.4, -0.2) is 56.5 Å². The van der Waals surface area contributed by atoms with Gasteiger partial charge in [0.2, 0.25) is 15.9 Å². The third-order valence-electron chi connectivity index (χ3n) is 3.50. The van der Waals surface area contributed by atoms with Crippen molar-refractivity contribution in [3.8, 4) is 0 Å². The van der Waals surface area contributed by atoms with E-state index in [0.717, 1.165) is 19.4 Å². The zero-order valence-corrected chi connectivity index (χ0v) is 12.4. The second-order valence-electron chi connectivity index (χ2n) is 5.05. The van der Waals surface area contributed by atoms with E-state index in [-0.39, 0.29) is 11.8 Å². The van der Waals surface area contributed by atoms with Gasteiger partial charge in [-0.2, -0.15) is 0 Å². The molecule has 0 aromatic carbocycles. The van der Waals surface area contributed by atoms with Crippen molar-refractivity contribution in [3.63, 3.8) is 0 Å². The number of hydrogen-bond acceptors (Lipinski definition) is 3. The first-order chi connectivity index (χ1) is 8.36. The lowest BCUT2D eigenvalue weighted by atomic mass is 9.96. The number of rotatable bonds is 5. The molecular formula is C12H24N2O3S. The Kier molecular flexibility index (Phi) is 5.59. The molecule has 0 spiro atoms. The molecule has 0 radical (unpaired) electrons. The molecule has 0 bridgehead atoms. The molecule has 0 unspecified atom stereocenters. The molecule has 1 aliphatic rings. The van der Waals surface area contributed by atoms with Crippen molar-refractivity contribution in [2.45, 2.75) is 32.6 Å². The predicted molar refractivity (Wildman–Crippen MR) is 71.7 cm³/mol. The second-order valence-corrected chi connectivity index (χ2v) is 7.03. The monoisotopic (exact) mass is 276 g/mol. The Labute approximate surface area is 110 Å². The van der Waals surface area contributed by atoms with Gasteiger partial charge in [-0.05, 0) is 19.3 Å². The number of amides is 1. The van der Waals surface area contributed by atoms with E-state index in [1.807, 2.05) is 7.05 Å². The molecule has 1 rings (SSSR count). The highest BCUT2D eigenvalue weighted by atomic mass is 32.2. The fraction of sp³-hybridized carbons (Fsp3) is 0.917. The van der Waals surface area contributed by atoms with Crippen LogP contribution >= 0.6 is 0 Å². The Bertz CT molecular complexity index is 373. The number of piperidine rings is 1. The molecule has 1 heterocycles. The van der Waals surface area contributed by atoms with E-state index in [2.05, 4.69) is 6.92 Å². The van der Waals surface area contributed by atoms with Gasteiger partial charge in [0, 0.05) is 32.6 Å². The molecule has 6 heteroatoms. The highest BCUT2D eigenvalue weighted by molar-refractivity contribution is 7.88. The Morgan fingerprint density at radius 3 is 2.33 bits per heavy atom. The fourth-order valence-electron chi connectivity index (χ4n) is 2.25. The minimum absolute atomic E-state index is 0.00939. The Morgan fingerprint density at radius 2 is 1.89 bits per heavy atom. The Hall–Kier alpha value is -0.620. The number of sulfonamides is 1. The van der Waals surface area contributed by atoms with Crippen LogP contribution in [0, 0.1) is 5.92 Å². The van der Waals surface area contributed by atoms with Crippen LogP contribution in [0.15, 0.2) is 0 Å². The van der Waals surface area contributed by atoms with Crippen LogP contribution in [-0.2, 0) is 14.8 Å². The second kappa shape index (κ2) is 6.52. The maximum atomic E-state index is 12.1. The van der Waals surface area contributed by atoms with E-state index in [0.29, 0.717) is 25.9 Å². The summed E-state index contributed by atoms with van der Waals surface area (Å²) < 4.78 is 24.2. The van der Waals surface area contributed by atoms with Crippen molar-refractivity contribution in [1.82, 2.24) is 9.21 Å². The summed E-state index contributed by atoms with van der Waals surface area (Å²) in [6, 6.07) is 0. The maximum absolute atomic E-state index is 12.1. The number of unbranched alkanes of at least 4 members (excludes halogenated alkanes) is 1. The van der Waals surface area contributed by atoms with Crippen LogP contribution in [0.2, 0.25) is 0 Å². The van der Waals surface area contributed by atoms with E-state index in [4.69, 9.17) is 0 Å². The van der Waals surface area contributed by atoms with Crippen molar-refractivity contribution < 1.29 is 13.2 Å². The van der Waals surface area contributed by atoms with Crippen LogP contribution < -0.4 is 0 Å². The van der Waals surface area contributed by atoms with Crippen molar-refractivity contribution in [3.05, 3.63) is 0 Å². The Morgan fingerprint density at radius 1 is 1.33 bits per heavy atom. The van der Waals surface area contributed by atoms with Gasteiger partial charge in [0.1, 0.15) is 0 Å². The number of carbonyl (C=O) groups excluding carboxylic acids is 1. The molecule has 106 valence electrons. The molecule has 0 atom stereocenters. The minimum Gasteiger partial charge on any atom is -0.346 e. The lowest BCUT2D eigenvalue weighted by Crippen LogP contribution is -2.43. The van der Waals surface area contributed by atoms with Gasteiger partial charge in [0.05, 0.1) is 6.26 Å². The van der Waals surface area contributed by atoms with Gasteiger partial charge in [0.25, 0.3) is 0 Å². The number of nitrogens with zero attached hydrogens (tertiary/aromatic N) is 2. The van der Waals surface area contributed by atoms with Crippen LogP contribution in [0.5, 0.6) is 0 Å². The summed E-state index contributed by atoms with van der Waals surface area (Å²) in [5, 5.41) is 0. The third-order valence-corrected chi connectivity index (χ3v) is 4.80. The van der Waals surface area contributed by atoms with E-state index in [1.54, 1.807) is 4.90 Å². The molecule has 0 aliphatic carbocycles. The van der Waals surface area contributed by atoms with Gasteiger partial charge in [-0.1, -0.05) is 13.3 Å². The first kappa shape index (κ1) is 15.4. The number of carbonyl (C=O) groups is 1. The maximum Gasteiger partial charge on any atom is 0.225 e. The van der Waals surface area contributed by atoms with Gasteiger partial charge in [-0.25, -0.2) is 12.7 Å². The lowest BCUT2D eigenvalue weighted by Gasteiger charge is -2.31. The lowest BCUT2D eigenvalue weighted by molar-refractivity contribution is -0.135. The van der Waals surface area contributed by atoms with Crippen molar-refractivity contribution >= 4 is 15.9 Å².